The molecule has 5 atom stereocenters. The first-order chi connectivity index (χ1) is 22.0. The highest BCUT2D eigenvalue weighted by Crippen LogP contribution is 2.31. The normalized spacial score (nSPS) is 19.9. The van der Waals surface area contributed by atoms with Crippen molar-refractivity contribution >= 4 is 23.6 Å². The number of carbonyl (C=O) groups excluding carboxylic acids is 4. The summed E-state index contributed by atoms with van der Waals surface area (Å²) < 4.78 is 0. The molecule has 0 saturated heterocycles. The number of nitrogens with one attached hydrogen (secondary N) is 4. The van der Waals surface area contributed by atoms with E-state index in [1.165, 1.54) is 12.1 Å². The lowest BCUT2D eigenvalue weighted by atomic mass is 9.95. The minimum Gasteiger partial charge on any atom is -0.508 e. The molecule has 1 aliphatic heterocycles. The van der Waals surface area contributed by atoms with E-state index in [-0.39, 0.29) is 55.5 Å². The molecule has 0 saturated carbocycles. The van der Waals surface area contributed by atoms with E-state index in [0.29, 0.717) is 42.5 Å². The monoisotopic (exact) mass is 642 g/mol. The summed E-state index contributed by atoms with van der Waals surface area (Å²) in [6.45, 7) is 0.0190. The molecule has 15 nitrogen and oxygen atoms in total. The number of aliphatic hydroxyl groups excluding tert-OH is 1. The van der Waals surface area contributed by atoms with Gasteiger partial charge in [-0.2, -0.15) is 0 Å². The van der Waals surface area contributed by atoms with Gasteiger partial charge in [0.1, 0.15) is 29.6 Å². The number of amides is 4. The summed E-state index contributed by atoms with van der Waals surface area (Å²) in [4.78, 5) is 53.1. The number of aliphatic hydroxyl groups is 1. The highest BCUT2D eigenvalue weighted by Gasteiger charge is 2.31. The first-order valence-corrected chi connectivity index (χ1v) is 15.3. The van der Waals surface area contributed by atoms with E-state index in [1.54, 1.807) is 24.3 Å². The number of hydrogen-bond acceptors (Lipinski definition) is 11. The van der Waals surface area contributed by atoms with E-state index in [1.807, 2.05) is 0 Å². The fourth-order valence-corrected chi connectivity index (χ4v) is 5.06. The maximum absolute atomic E-state index is 13.6. The number of benzene rings is 2. The molecular weight excluding hydrogens is 596 g/mol. The lowest BCUT2D eigenvalue weighted by Gasteiger charge is -2.26. The maximum Gasteiger partial charge on any atom is 0.245 e. The molecule has 4 bridgehead atoms. The van der Waals surface area contributed by atoms with Gasteiger partial charge in [0, 0.05) is 25.4 Å². The van der Waals surface area contributed by atoms with Crippen molar-refractivity contribution in [3.63, 3.8) is 0 Å². The van der Waals surface area contributed by atoms with E-state index in [9.17, 15) is 34.5 Å². The Bertz CT molecular complexity index is 1370. The molecule has 252 valence electrons. The maximum atomic E-state index is 13.6. The summed E-state index contributed by atoms with van der Waals surface area (Å²) in [5.41, 5.74) is 25.3. The van der Waals surface area contributed by atoms with Crippen LogP contribution in [0.1, 0.15) is 36.8 Å². The number of aromatic hydroxyl groups is 2. The van der Waals surface area contributed by atoms with Gasteiger partial charge in [0.15, 0.2) is 0 Å². The van der Waals surface area contributed by atoms with Crippen molar-refractivity contribution in [2.75, 3.05) is 26.2 Å². The van der Waals surface area contributed by atoms with E-state index < -0.39 is 54.4 Å². The third-order valence-corrected chi connectivity index (χ3v) is 7.79. The van der Waals surface area contributed by atoms with E-state index in [2.05, 4.69) is 21.3 Å². The summed E-state index contributed by atoms with van der Waals surface area (Å²) in [6, 6.07) is 4.14. The topological polar surface area (TPSA) is 281 Å². The molecule has 3 rings (SSSR count). The Morgan fingerprint density at radius 3 is 2.11 bits per heavy atom. The minimum absolute atomic E-state index is 0.0325. The Kier molecular flexibility index (Phi) is 13.7. The van der Waals surface area contributed by atoms with Gasteiger partial charge < -0.3 is 59.5 Å². The van der Waals surface area contributed by atoms with Crippen molar-refractivity contribution in [3.05, 3.63) is 47.5 Å². The highest BCUT2D eigenvalue weighted by atomic mass is 16.3. The van der Waals surface area contributed by atoms with Crippen molar-refractivity contribution in [1.29, 1.82) is 0 Å². The van der Waals surface area contributed by atoms with Crippen molar-refractivity contribution in [2.45, 2.75) is 68.7 Å². The summed E-state index contributed by atoms with van der Waals surface area (Å²) in [7, 11) is 0. The van der Waals surface area contributed by atoms with Crippen molar-refractivity contribution in [3.8, 4) is 22.6 Å². The SMILES string of the molecule is NCCC[C@H](N)CNC(=O)[C@H](CO)NC(=O)[C@@H]1Cc2cc(ccc2O)-c2ccc(O)c(c2)C[C@H](N)C(=O)N[C@@H](CCCN)C(=O)N1. The standard InChI is InChI=1S/C31H46N8O7/c32-9-1-3-21(34)15-36-29(44)25(16-40)39-31(46)24-14-20-12-18(6-8-27(20)42)17-5-7-26(41)19(11-17)13-22(35)28(43)37-23(4-2-10-33)30(45)38-24/h5-8,11-12,21-25,40-42H,1-4,9-10,13-16,32-35H2,(H,36,44)(H,37,43)(H,38,45)(H,39,46)/t21-,22-,23-,24-,25-/m0/s1. The van der Waals surface area contributed by atoms with Gasteiger partial charge in [-0.25, -0.2) is 0 Å². The van der Waals surface area contributed by atoms with Gasteiger partial charge >= 0.3 is 0 Å². The molecule has 0 aromatic heterocycles. The molecule has 15 heteroatoms. The number of rotatable bonds is 12. The summed E-state index contributed by atoms with van der Waals surface area (Å²) in [5, 5.41) is 41.5. The second-order valence-corrected chi connectivity index (χ2v) is 11.4. The Balaban J connectivity index is 1.97. The quantitative estimate of drug-likeness (QED) is 0.116. The van der Waals surface area contributed by atoms with Crippen LogP contribution < -0.4 is 44.2 Å². The number of phenolic OH excluding ortho intramolecular Hbond substituents is 2. The fourth-order valence-electron chi connectivity index (χ4n) is 5.06. The molecule has 0 radical (unpaired) electrons. The second-order valence-electron chi connectivity index (χ2n) is 11.4. The zero-order valence-corrected chi connectivity index (χ0v) is 25.7. The van der Waals surface area contributed by atoms with Gasteiger partial charge in [-0.3, -0.25) is 19.2 Å². The zero-order valence-electron chi connectivity index (χ0n) is 25.7. The largest absolute Gasteiger partial charge is 0.508 e. The Morgan fingerprint density at radius 1 is 0.913 bits per heavy atom. The molecule has 1 aliphatic rings. The average molecular weight is 643 g/mol. The summed E-state index contributed by atoms with van der Waals surface area (Å²) >= 11 is 0. The number of phenols is 2. The lowest BCUT2D eigenvalue weighted by molar-refractivity contribution is -0.134. The lowest BCUT2D eigenvalue weighted by Crippen LogP contribution is -2.59. The Labute approximate surface area is 267 Å². The first-order valence-electron chi connectivity index (χ1n) is 15.3. The smallest absolute Gasteiger partial charge is 0.245 e. The minimum atomic E-state index is -1.37. The van der Waals surface area contributed by atoms with Crippen LogP contribution in [-0.4, -0.2) is 95.4 Å². The van der Waals surface area contributed by atoms with Crippen LogP contribution in [0.5, 0.6) is 11.5 Å². The van der Waals surface area contributed by atoms with Crippen LogP contribution in [0, 0.1) is 0 Å². The first kappa shape index (κ1) is 36.2. The molecule has 15 N–H and O–H groups in total. The van der Waals surface area contributed by atoms with Crippen LogP contribution in [0.2, 0.25) is 0 Å². The van der Waals surface area contributed by atoms with Crippen LogP contribution in [0.15, 0.2) is 36.4 Å². The van der Waals surface area contributed by atoms with Gasteiger partial charge in [-0.15, -0.1) is 0 Å². The van der Waals surface area contributed by atoms with Gasteiger partial charge in [0.2, 0.25) is 23.6 Å². The third-order valence-electron chi connectivity index (χ3n) is 7.79. The van der Waals surface area contributed by atoms with Crippen LogP contribution >= 0.6 is 0 Å². The Morgan fingerprint density at radius 2 is 1.52 bits per heavy atom. The molecule has 2 aromatic rings. The van der Waals surface area contributed by atoms with Gasteiger partial charge in [0.25, 0.3) is 0 Å². The third kappa shape index (κ3) is 10.1. The zero-order chi connectivity index (χ0) is 33.8. The molecule has 1 heterocycles. The highest BCUT2D eigenvalue weighted by molar-refractivity contribution is 5.95. The summed E-state index contributed by atoms with van der Waals surface area (Å²) in [5.74, 6) is -3.10. The van der Waals surface area contributed by atoms with E-state index >= 15 is 0 Å². The van der Waals surface area contributed by atoms with Crippen LogP contribution in [0.3, 0.4) is 0 Å². The van der Waals surface area contributed by atoms with Gasteiger partial charge in [-0.05, 0) is 85.3 Å². The average Bonchev–Trinajstić information content (AvgIpc) is 3.04. The predicted molar refractivity (Wildman–Crippen MR) is 171 cm³/mol. The molecule has 0 spiro atoms. The Hall–Kier alpha value is -4.28. The molecule has 0 fully saturated rings. The number of carbonyl (C=O) groups is 4. The van der Waals surface area contributed by atoms with E-state index in [0.717, 1.165) is 0 Å². The van der Waals surface area contributed by atoms with Crippen molar-refractivity contribution < 1.29 is 34.5 Å². The van der Waals surface area contributed by atoms with E-state index in [4.69, 9.17) is 22.9 Å². The molecule has 0 aliphatic carbocycles. The number of nitrogens with two attached hydrogens (primary N) is 4. The van der Waals surface area contributed by atoms with Gasteiger partial charge in [0.05, 0.1) is 12.6 Å². The molecule has 0 unspecified atom stereocenters. The van der Waals surface area contributed by atoms with Crippen LogP contribution in [0.4, 0.5) is 0 Å². The number of fused-ring (bicyclic) bond motifs is 5. The van der Waals surface area contributed by atoms with Crippen molar-refractivity contribution in [2.24, 2.45) is 22.9 Å². The summed E-state index contributed by atoms with van der Waals surface area (Å²) in [6.07, 6.45) is 1.47. The van der Waals surface area contributed by atoms with Crippen LogP contribution in [-0.2, 0) is 32.0 Å². The molecule has 4 amide bonds. The van der Waals surface area contributed by atoms with Gasteiger partial charge in [-0.1, -0.05) is 12.1 Å². The molecular formula is C31H46N8O7. The van der Waals surface area contributed by atoms with Crippen LogP contribution in [0.25, 0.3) is 11.1 Å². The second kappa shape index (κ2) is 17.4. The number of hydrogen-bond donors (Lipinski definition) is 11. The fraction of sp³-hybridized carbons (Fsp3) is 0.484. The molecule has 2 aromatic carbocycles. The van der Waals surface area contributed by atoms with Crippen molar-refractivity contribution in [1.82, 2.24) is 21.3 Å². The predicted octanol–water partition coefficient (Wildman–Crippen LogP) is -2.44. The molecule has 46 heavy (non-hydrogen) atoms.